The van der Waals surface area contributed by atoms with E-state index >= 15 is 0 Å². The first-order valence-electron chi connectivity index (χ1n) is 8.08. The molecular formula is C19H13FN6. The van der Waals surface area contributed by atoms with Gasteiger partial charge in [-0.3, -0.25) is 5.10 Å². The molecule has 3 aromatic heterocycles. The summed E-state index contributed by atoms with van der Waals surface area (Å²) in [6.45, 7) is 0. The van der Waals surface area contributed by atoms with Gasteiger partial charge in [-0.05, 0) is 42.5 Å². The van der Waals surface area contributed by atoms with Crippen LogP contribution in [-0.2, 0) is 0 Å². The van der Waals surface area contributed by atoms with Crippen molar-refractivity contribution in [3.8, 4) is 11.3 Å². The molecule has 2 aromatic carbocycles. The molecule has 0 amide bonds. The maximum atomic E-state index is 13.6. The lowest BCUT2D eigenvalue weighted by Crippen LogP contribution is -1.96. The van der Waals surface area contributed by atoms with Crippen molar-refractivity contribution in [2.45, 2.75) is 0 Å². The molecule has 0 aliphatic rings. The summed E-state index contributed by atoms with van der Waals surface area (Å²) in [5.74, 6) is 0.183. The second kappa shape index (κ2) is 5.66. The smallest absolute Gasteiger partial charge is 0.247 e. The maximum absolute atomic E-state index is 13.6. The molecule has 0 saturated heterocycles. The summed E-state index contributed by atoms with van der Waals surface area (Å²) < 4.78 is 15.3. The van der Waals surface area contributed by atoms with E-state index in [-0.39, 0.29) is 5.82 Å². The Labute approximate surface area is 147 Å². The van der Waals surface area contributed by atoms with Crippen LogP contribution in [0.1, 0.15) is 0 Å². The fourth-order valence-corrected chi connectivity index (χ4v) is 2.97. The Kier molecular flexibility index (Phi) is 3.18. The summed E-state index contributed by atoms with van der Waals surface area (Å²) in [5, 5.41) is 15.7. The number of H-pyrrole nitrogens is 1. The normalized spacial score (nSPS) is 11.3. The van der Waals surface area contributed by atoms with Gasteiger partial charge in [0, 0.05) is 16.6 Å². The molecule has 126 valence electrons. The van der Waals surface area contributed by atoms with E-state index in [1.807, 2.05) is 42.5 Å². The first-order valence-corrected chi connectivity index (χ1v) is 8.08. The number of halogens is 1. The van der Waals surface area contributed by atoms with Crippen molar-refractivity contribution in [3.05, 3.63) is 72.7 Å². The van der Waals surface area contributed by atoms with Crippen LogP contribution in [0.2, 0.25) is 0 Å². The number of aromatic nitrogens is 5. The number of pyridine rings is 1. The van der Waals surface area contributed by atoms with Crippen LogP contribution in [-0.4, -0.2) is 24.8 Å². The van der Waals surface area contributed by atoms with Crippen molar-refractivity contribution in [2.75, 3.05) is 5.32 Å². The zero-order valence-corrected chi connectivity index (χ0v) is 13.5. The molecule has 0 atom stereocenters. The second-order valence-corrected chi connectivity index (χ2v) is 5.92. The van der Waals surface area contributed by atoms with Gasteiger partial charge in [0.1, 0.15) is 5.82 Å². The lowest BCUT2D eigenvalue weighted by atomic mass is 10.1. The third-order valence-corrected chi connectivity index (χ3v) is 4.18. The minimum Gasteiger partial charge on any atom is -0.323 e. The van der Waals surface area contributed by atoms with Crippen LogP contribution < -0.4 is 5.32 Å². The highest BCUT2D eigenvalue weighted by atomic mass is 19.1. The van der Waals surface area contributed by atoms with Crippen LogP contribution in [0, 0.1) is 5.82 Å². The predicted octanol–water partition coefficient (Wildman–Crippen LogP) is 4.16. The number of hydrogen-bond acceptors (Lipinski definition) is 4. The SMILES string of the molecule is Fc1cccc(-c2cccc3nc(Nc4ccc5[nH]ncc5c4)nn23)c1. The molecule has 0 aliphatic heterocycles. The average molecular weight is 344 g/mol. The molecule has 6 nitrogen and oxygen atoms in total. The molecule has 0 unspecified atom stereocenters. The van der Waals surface area contributed by atoms with Crippen molar-refractivity contribution in [2.24, 2.45) is 0 Å². The molecule has 0 radical (unpaired) electrons. The van der Waals surface area contributed by atoms with Crippen LogP contribution >= 0.6 is 0 Å². The number of nitrogens with zero attached hydrogens (tertiary/aromatic N) is 4. The van der Waals surface area contributed by atoms with Crippen LogP contribution in [0.4, 0.5) is 16.0 Å². The number of hydrogen-bond donors (Lipinski definition) is 2. The van der Waals surface area contributed by atoms with Crippen molar-refractivity contribution < 1.29 is 4.39 Å². The van der Waals surface area contributed by atoms with Gasteiger partial charge in [-0.2, -0.15) is 10.1 Å². The molecule has 2 N–H and O–H groups in total. The van der Waals surface area contributed by atoms with Crippen LogP contribution in [0.15, 0.2) is 66.9 Å². The lowest BCUT2D eigenvalue weighted by molar-refractivity contribution is 0.628. The maximum Gasteiger partial charge on any atom is 0.247 e. The largest absolute Gasteiger partial charge is 0.323 e. The van der Waals surface area contributed by atoms with Crippen molar-refractivity contribution in [1.82, 2.24) is 24.8 Å². The van der Waals surface area contributed by atoms with Crippen LogP contribution in [0.3, 0.4) is 0 Å². The molecule has 0 bridgehead atoms. The Balaban J connectivity index is 1.56. The van der Waals surface area contributed by atoms with E-state index in [4.69, 9.17) is 0 Å². The number of fused-ring (bicyclic) bond motifs is 2. The molecule has 7 heteroatoms. The Morgan fingerprint density at radius 2 is 1.92 bits per heavy atom. The van der Waals surface area contributed by atoms with Crippen molar-refractivity contribution in [1.29, 1.82) is 0 Å². The molecule has 0 fully saturated rings. The number of rotatable bonds is 3. The number of benzene rings is 2. The number of aromatic amines is 1. The minimum absolute atomic E-state index is 0.286. The first kappa shape index (κ1) is 14.6. The van der Waals surface area contributed by atoms with E-state index in [2.05, 4.69) is 25.6 Å². The quantitative estimate of drug-likeness (QED) is 0.516. The van der Waals surface area contributed by atoms with Gasteiger partial charge >= 0.3 is 0 Å². The van der Waals surface area contributed by atoms with E-state index in [1.54, 1.807) is 16.8 Å². The van der Waals surface area contributed by atoms with Gasteiger partial charge in [-0.25, -0.2) is 8.91 Å². The van der Waals surface area contributed by atoms with Gasteiger partial charge in [0.25, 0.3) is 0 Å². The van der Waals surface area contributed by atoms with Crippen LogP contribution in [0.25, 0.3) is 27.8 Å². The molecule has 26 heavy (non-hydrogen) atoms. The van der Waals surface area contributed by atoms with Crippen molar-refractivity contribution >= 4 is 28.2 Å². The zero-order valence-electron chi connectivity index (χ0n) is 13.5. The van der Waals surface area contributed by atoms with E-state index in [0.717, 1.165) is 27.8 Å². The summed E-state index contributed by atoms with van der Waals surface area (Å²) in [7, 11) is 0. The number of nitrogens with one attached hydrogen (secondary N) is 2. The monoisotopic (exact) mass is 344 g/mol. The van der Waals surface area contributed by atoms with E-state index < -0.39 is 0 Å². The lowest BCUT2D eigenvalue weighted by Gasteiger charge is -2.04. The molecule has 0 spiro atoms. The molecule has 5 aromatic rings. The topological polar surface area (TPSA) is 70.9 Å². The highest BCUT2D eigenvalue weighted by Crippen LogP contribution is 2.23. The molecule has 0 aliphatic carbocycles. The summed E-state index contributed by atoms with van der Waals surface area (Å²) in [5.41, 5.74) is 4.02. The molecule has 3 heterocycles. The second-order valence-electron chi connectivity index (χ2n) is 5.92. The van der Waals surface area contributed by atoms with Gasteiger partial charge in [-0.15, -0.1) is 5.10 Å². The zero-order chi connectivity index (χ0) is 17.5. The minimum atomic E-state index is -0.286. The molecule has 5 rings (SSSR count). The highest BCUT2D eigenvalue weighted by Gasteiger charge is 2.10. The fourth-order valence-electron chi connectivity index (χ4n) is 2.97. The highest BCUT2D eigenvalue weighted by molar-refractivity contribution is 5.82. The van der Waals surface area contributed by atoms with Crippen molar-refractivity contribution in [3.63, 3.8) is 0 Å². The van der Waals surface area contributed by atoms with E-state index in [1.165, 1.54) is 12.1 Å². The number of anilines is 2. The third kappa shape index (κ3) is 2.46. The predicted molar refractivity (Wildman–Crippen MR) is 97.8 cm³/mol. The summed E-state index contributed by atoms with van der Waals surface area (Å²) in [6.07, 6.45) is 1.76. The Hall–Kier alpha value is -3.74. The molecular weight excluding hydrogens is 331 g/mol. The Morgan fingerprint density at radius 1 is 1.00 bits per heavy atom. The summed E-state index contributed by atoms with van der Waals surface area (Å²) in [4.78, 5) is 4.51. The Morgan fingerprint density at radius 3 is 2.85 bits per heavy atom. The van der Waals surface area contributed by atoms with E-state index in [9.17, 15) is 4.39 Å². The third-order valence-electron chi connectivity index (χ3n) is 4.18. The first-order chi connectivity index (χ1) is 12.8. The molecule has 0 saturated carbocycles. The van der Waals surface area contributed by atoms with Gasteiger partial charge in [-0.1, -0.05) is 18.2 Å². The van der Waals surface area contributed by atoms with Gasteiger partial charge < -0.3 is 5.32 Å². The average Bonchev–Trinajstić information content (AvgIpc) is 3.27. The van der Waals surface area contributed by atoms with Gasteiger partial charge in [0.15, 0.2) is 5.65 Å². The van der Waals surface area contributed by atoms with E-state index in [0.29, 0.717) is 11.6 Å². The van der Waals surface area contributed by atoms with Gasteiger partial charge in [0.05, 0.1) is 17.4 Å². The van der Waals surface area contributed by atoms with Gasteiger partial charge in [0.2, 0.25) is 5.95 Å². The van der Waals surface area contributed by atoms with Crippen LogP contribution in [0.5, 0.6) is 0 Å². The standard InChI is InChI=1S/C19H13FN6/c20-14-4-1-3-12(9-14)17-5-2-6-18-23-19(25-26(17)18)22-15-7-8-16-13(10-15)11-21-24-16/h1-11H,(H,21,24)(H,22,25). The summed E-state index contributed by atoms with van der Waals surface area (Å²) >= 11 is 0. The summed E-state index contributed by atoms with van der Waals surface area (Å²) in [6, 6.07) is 17.9. The Bertz CT molecular complexity index is 1240. The fraction of sp³-hybridized carbons (Fsp3) is 0.